The second kappa shape index (κ2) is 4.26. The standard InChI is InChI=1S/C19H27N/c1-12-6-4-9-15-17(12)20-18-14-8-5-7-13(14)10-11-16(18)19(15,2)3/h4,6,9,13-14,16,18,20H,5,7-8,10-11H2,1-3H3/t13-,14-,16+,18+/m1/s1. The normalized spacial score (nSPS) is 37.5. The van der Waals surface area contributed by atoms with Crippen LogP contribution in [0, 0.1) is 24.7 Å². The summed E-state index contributed by atoms with van der Waals surface area (Å²) in [6.07, 6.45) is 7.28. The molecule has 1 aliphatic heterocycles. The van der Waals surface area contributed by atoms with E-state index in [-0.39, 0.29) is 0 Å². The van der Waals surface area contributed by atoms with Gasteiger partial charge in [0.25, 0.3) is 0 Å². The minimum atomic E-state index is 0.324. The van der Waals surface area contributed by atoms with Crippen LogP contribution in [0.1, 0.15) is 57.1 Å². The fraction of sp³-hybridized carbons (Fsp3) is 0.684. The van der Waals surface area contributed by atoms with Gasteiger partial charge >= 0.3 is 0 Å². The fourth-order valence-corrected chi connectivity index (χ4v) is 5.55. The Balaban J connectivity index is 1.81. The van der Waals surface area contributed by atoms with Crippen LogP contribution in [0.2, 0.25) is 0 Å². The summed E-state index contributed by atoms with van der Waals surface area (Å²) in [5.41, 5.74) is 4.75. The van der Waals surface area contributed by atoms with Crippen molar-refractivity contribution in [3.8, 4) is 0 Å². The summed E-state index contributed by atoms with van der Waals surface area (Å²) in [6.45, 7) is 7.23. The molecule has 0 radical (unpaired) electrons. The van der Waals surface area contributed by atoms with E-state index in [9.17, 15) is 0 Å². The number of para-hydroxylation sites is 1. The lowest BCUT2D eigenvalue weighted by Gasteiger charge is -2.52. The Morgan fingerprint density at radius 1 is 1.10 bits per heavy atom. The van der Waals surface area contributed by atoms with E-state index in [1.165, 1.54) is 43.4 Å². The van der Waals surface area contributed by atoms with Crippen molar-refractivity contribution in [1.29, 1.82) is 0 Å². The molecule has 108 valence electrons. The second-order valence-corrected chi connectivity index (χ2v) is 7.93. The van der Waals surface area contributed by atoms with Crippen LogP contribution in [0.15, 0.2) is 18.2 Å². The molecule has 2 fully saturated rings. The van der Waals surface area contributed by atoms with E-state index < -0.39 is 0 Å². The third-order valence-electron chi connectivity index (χ3n) is 6.67. The van der Waals surface area contributed by atoms with E-state index in [1.54, 1.807) is 5.56 Å². The van der Waals surface area contributed by atoms with Crippen molar-refractivity contribution in [2.75, 3.05) is 5.32 Å². The van der Waals surface area contributed by atoms with E-state index in [4.69, 9.17) is 0 Å². The summed E-state index contributed by atoms with van der Waals surface area (Å²) >= 11 is 0. The first-order chi connectivity index (χ1) is 9.59. The van der Waals surface area contributed by atoms with E-state index in [1.807, 2.05) is 0 Å². The Morgan fingerprint density at radius 3 is 2.80 bits per heavy atom. The van der Waals surface area contributed by atoms with Gasteiger partial charge in [-0.2, -0.15) is 0 Å². The van der Waals surface area contributed by atoms with Gasteiger partial charge in [0.1, 0.15) is 0 Å². The zero-order valence-corrected chi connectivity index (χ0v) is 13.1. The number of benzene rings is 1. The molecule has 1 heteroatoms. The zero-order chi connectivity index (χ0) is 13.9. The molecular formula is C19H27N. The van der Waals surface area contributed by atoms with E-state index in [2.05, 4.69) is 44.3 Å². The lowest BCUT2D eigenvalue weighted by molar-refractivity contribution is 0.121. The third-order valence-corrected chi connectivity index (χ3v) is 6.67. The fourth-order valence-electron chi connectivity index (χ4n) is 5.55. The number of aryl methyl sites for hydroxylation is 1. The zero-order valence-electron chi connectivity index (χ0n) is 13.1. The maximum atomic E-state index is 3.99. The lowest BCUT2D eigenvalue weighted by atomic mass is 9.58. The first-order valence-electron chi connectivity index (χ1n) is 8.45. The molecule has 0 bridgehead atoms. The Morgan fingerprint density at radius 2 is 1.95 bits per heavy atom. The van der Waals surface area contributed by atoms with Crippen LogP contribution in [0.4, 0.5) is 5.69 Å². The third kappa shape index (κ3) is 1.61. The molecule has 3 aliphatic rings. The smallest absolute Gasteiger partial charge is 0.0410 e. The molecular weight excluding hydrogens is 242 g/mol. The minimum absolute atomic E-state index is 0.324. The van der Waals surface area contributed by atoms with Crippen LogP contribution >= 0.6 is 0 Å². The van der Waals surface area contributed by atoms with Gasteiger partial charge in [0, 0.05) is 11.7 Å². The molecule has 1 aromatic rings. The van der Waals surface area contributed by atoms with Crippen molar-refractivity contribution < 1.29 is 0 Å². The van der Waals surface area contributed by atoms with Gasteiger partial charge in [0.05, 0.1) is 0 Å². The molecule has 1 nitrogen and oxygen atoms in total. The van der Waals surface area contributed by atoms with Gasteiger partial charge in [-0.05, 0) is 60.5 Å². The average Bonchev–Trinajstić information content (AvgIpc) is 2.89. The molecule has 1 N–H and O–H groups in total. The molecule has 2 saturated carbocycles. The predicted octanol–water partition coefficient (Wildman–Crippen LogP) is 4.89. The summed E-state index contributed by atoms with van der Waals surface area (Å²) in [4.78, 5) is 0. The minimum Gasteiger partial charge on any atom is -0.381 e. The summed E-state index contributed by atoms with van der Waals surface area (Å²) < 4.78 is 0. The number of hydrogen-bond acceptors (Lipinski definition) is 1. The van der Waals surface area contributed by atoms with Crippen molar-refractivity contribution in [1.82, 2.24) is 0 Å². The maximum absolute atomic E-state index is 3.99. The highest BCUT2D eigenvalue weighted by atomic mass is 15.0. The van der Waals surface area contributed by atoms with Crippen LogP contribution in [0.25, 0.3) is 0 Å². The maximum Gasteiger partial charge on any atom is 0.0410 e. The highest BCUT2D eigenvalue weighted by molar-refractivity contribution is 5.63. The molecule has 0 amide bonds. The Bertz CT molecular complexity index is 531. The first-order valence-corrected chi connectivity index (χ1v) is 8.45. The van der Waals surface area contributed by atoms with Crippen LogP contribution in [-0.2, 0) is 5.41 Å². The van der Waals surface area contributed by atoms with E-state index in [0.717, 1.165) is 23.8 Å². The summed E-state index contributed by atoms with van der Waals surface area (Å²) in [6, 6.07) is 7.57. The monoisotopic (exact) mass is 269 g/mol. The molecule has 2 aliphatic carbocycles. The summed E-state index contributed by atoms with van der Waals surface area (Å²) in [5.74, 6) is 2.75. The molecule has 0 spiro atoms. The Hall–Kier alpha value is -0.980. The Kier molecular flexibility index (Phi) is 2.71. The number of fused-ring (bicyclic) bond motifs is 4. The van der Waals surface area contributed by atoms with Gasteiger partial charge in [-0.15, -0.1) is 0 Å². The lowest BCUT2D eigenvalue weighted by Crippen LogP contribution is -2.53. The van der Waals surface area contributed by atoms with E-state index >= 15 is 0 Å². The highest BCUT2D eigenvalue weighted by Crippen LogP contribution is 2.54. The van der Waals surface area contributed by atoms with Crippen molar-refractivity contribution >= 4 is 5.69 Å². The molecule has 0 unspecified atom stereocenters. The van der Waals surface area contributed by atoms with Gasteiger partial charge in [0.2, 0.25) is 0 Å². The SMILES string of the molecule is Cc1cccc2c1N[C@H]1[C@@H]3CCC[C@@H]3CC[C@@H]1C2(C)C. The van der Waals surface area contributed by atoms with Gasteiger partial charge in [0.15, 0.2) is 0 Å². The topological polar surface area (TPSA) is 12.0 Å². The van der Waals surface area contributed by atoms with Gasteiger partial charge in [-0.1, -0.05) is 44.9 Å². The average molecular weight is 269 g/mol. The van der Waals surface area contributed by atoms with Crippen LogP contribution in [0.3, 0.4) is 0 Å². The number of rotatable bonds is 0. The second-order valence-electron chi connectivity index (χ2n) is 7.93. The molecule has 1 aromatic carbocycles. The molecule has 1 heterocycles. The van der Waals surface area contributed by atoms with Crippen molar-refractivity contribution in [3.63, 3.8) is 0 Å². The Labute approximate surface area is 123 Å². The van der Waals surface area contributed by atoms with E-state index in [0.29, 0.717) is 5.41 Å². The van der Waals surface area contributed by atoms with Crippen LogP contribution in [-0.4, -0.2) is 6.04 Å². The predicted molar refractivity (Wildman–Crippen MR) is 85.2 cm³/mol. The van der Waals surface area contributed by atoms with Gasteiger partial charge < -0.3 is 5.32 Å². The molecule has 4 atom stereocenters. The number of nitrogens with one attached hydrogen (secondary N) is 1. The van der Waals surface area contributed by atoms with Crippen molar-refractivity contribution in [2.24, 2.45) is 17.8 Å². The molecule has 4 rings (SSSR count). The molecule has 20 heavy (non-hydrogen) atoms. The summed E-state index contributed by atoms with van der Waals surface area (Å²) in [7, 11) is 0. The summed E-state index contributed by atoms with van der Waals surface area (Å²) in [5, 5.41) is 3.99. The van der Waals surface area contributed by atoms with Crippen LogP contribution in [0.5, 0.6) is 0 Å². The highest BCUT2D eigenvalue weighted by Gasteiger charge is 2.50. The number of hydrogen-bond donors (Lipinski definition) is 1. The van der Waals surface area contributed by atoms with Gasteiger partial charge in [-0.25, -0.2) is 0 Å². The molecule has 0 aromatic heterocycles. The van der Waals surface area contributed by atoms with Crippen molar-refractivity contribution in [3.05, 3.63) is 29.3 Å². The van der Waals surface area contributed by atoms with Crippen LogP contribution < -0.4 is 5.32 Å². The largest absolute Gasteiger partial charge is 0.381 e. The first kappa shape index (κ1) is 12.7. The van der Waals surface area contributed by atoms with Crippen molar-refractivity contribution in [2.45, 2.75) is 64.3 Å². The quantitative estimate of drug-likeness (QED) is 0.707. The van der Waals surface area contributed by atoms with Gasteiger partial charge in [-0.3, -0.25) is 0 Å². The molecule has 0 saturated heterocycles. The number of anilines is 1.